The number of piperidine rings is 1. The Balaban J connectivity index is 1.59. The molecule has 0 spiro atoms. The SMILES string of the molecule is CCOC(=O)C1CCN(C(=O)Cc2coc3ccccc23)CC1. The zero-order chi connectivity index (χ0) is 16.2. The summed E-state index contributed by atoms with van der Waals surface area (Å²) in [5.74, 6) is -0.131. The molecule has 0 saturated carbocycles. The molecule has 2 heterocycles. The fraction of sp³-hybridized carbons (Fsp3) is 0.444. The molecule has 122 valence electrons. The van der Waals surface area contributed by atoms with Crippen LogP contribution in [0, 0.1) is 5.92 Å². The van der Waals surface area contributed by atoms with E-state index in [-0.39, 0.29) is 17.8 Å². The first kappa shape index (κ1) is 15.6. The Labute approximate surface area is 135 Å². The van der Waals surface area contributed by atoms with E-state index in [2.05, 4.69) is 0 Å². The van der Waals surface area contributed by atoms with E-state index in [9.17, 15) is 9.59 Å². The van der Waals surface area contributed by atoms with Crippen molar-refractivity contribution >= 4 is 22.8 Å². The van der Waals surface area contributed by atoms with Gasteiger partial charge in [-0.3, -0.25) is 9.59 Å². The van der Waals surface area contributed by atoms with Crippen LogP contribution in [0.15, 0.2) is 34.9 Å². The minimum Gasteiger partial charge on any atom is -0.466 e. The van der Waals surface area contributed by atoms with Gasteiger partial charge in [-0.2, -0.15) is 0 Å². The minimum atomic E-state index is -0.138. The zero-order valence-corrected chi connectivity index (χ0v) is 13.3. The Hall–Kier alpha value is -2.30. The van der Waals surface area contributed by atoms with Crippen molar-refractivity contribution in [1.29, 1.82) is 0 Å². The summed E-state index contributed by atoms with van der Waals surface area (Å²) in [6.07, 6.45) is 3.35. The fourth-order valence-corrected chi connectivity index (χ4v) is 3.07. The molecular formula is C18H21NO4. The smallest absolute Gasteiger partial charge is 0.309 e. The number of nitrogens with zero attached hydrogens (tertiary/aromatic N) is 1. The second-order valence-corrected chi connectivity index (χ2v) is 5.84. The predicted molar refractivity (Wildman–Crippen MR) is 85.9 cm³/mol. The highest BCUT2D eigenvalue weighted by Crippen LogP contribution is 2.23. The van der Waals surface area contributed by atoms with Crippen molar-refractivity contribution in [1.82, 2.24) is 4.90 Å². The molecule has 1 aliphatic heterocycles. The van der Waals surface area contributed by atoms with Gasteiger partial charge in [0, 0.05) is 24.0 Å². The topological polar surface area (TPSA) is 59.8 Å². The van der Waals surface area contributed by atoms with E-state index in [1.165, 1.54) is 0 Å². The molecule has 1 amide bonds. The third-order valence-electron chi connectivity index (χ3n) is 4.37. The number of para-hydroxylation sites is 1. The highest BCUT2D eigenvalue weighted by molar-refractivity contribution is 5.87. The quantitative estimate of drug-likeness (QED) is 0.814. The Morgan fingerprint density at radius 3 is 2.74 bits per heavy atom. The highest BCUT2D eigenvalue weighted by Gasteiger charge is 2.28. The molecule has 1 aromatic heterocycles. The minimum absolute atomic E-state index is 0.0752. The fourth-order valence-electron chi connectivity index (χ4n) is 3.07. The maximum Gasteiger partial charge on any atom is 0.309 e. The third-order valence-corrected chi connectivity index (χ3v) is 4.37. The summed E-state index contributed by atoms with van der Waals surface area (Å²) in [6.45, 7) is 3.44. The molecule has 1 saturated heterocycles. The van der Waals surface area contributed by atoms with Crippen molar-refractivity contribution in [3.63, 3.8) is 0 Å². The number of fused-ring (bicyclic) bond motifs is 1. The Morgan fingerprint density at radius 2 is 2.00 bits per heavy atom. The van der Waals surface area contributed by atoms with Gasteiger partial charge in [-0.15, -0.1) is 0 Å². The molecule has 0 atom stereocenters. The molecule has 23 heavy (non-hydrogen) atoms. The molecule has 1 fully saturated rings. The van der Waals surface area contributed by atoms with Crippen LogP contribution in [0.3, 0.4) is 0 Å². The lowest BCUT2D eigenvalue weighted by molar-refractivity contribution is -0.151. The van der Waals surface area contributed by atoms with Crippen molar-refractivity contribution in [3.8, 4) is 0 Å². The van der Waals surface area contributed by atoms with Gasteiger partial charge in [0.2, 0.25) is 5.91 Å². The number of furan rings is 1. The molecule has 0 N–H and O–H groups in total. The van der Waals surface area contributed by atoms with E-state index in [1.54, 1.807) is 6.26 Å². The summed E-state index contributed by atoms with van der Waals surface area (Å²) in [6, 6.07) is 7.72. The highest BCUT2D eigenvalue weighted by atomic mass is 16.5. The molecule has 0 aliphatic carbocycles. The summed E-state index contributed by atoms with van der Waals surface area (Å²) in [5, 5.41) is 0.988. The van der Waals surface area contributed by atoms with Crippen molar-refractivity contribution in [2.75, 3.05) is 19.7 Å². The average molecular weight is 315 g/mol. The van der Waals surface area contributed by atoms with Gasteiger partial charge in [0.1, 0.15) is 5.58 Å². The van der Waals surface area contributed by atoms with Gasteiger partial charge in [-0.05, 0) is 25.8 Å². The van der Waals surface area contributed by atoms with Crippen molar-refractivity contribution in [2.24, 2.45) is 5.92 Å². The summed E-state index contributed by atoms with van der Waals surface area (Å²) in [5.41, 5.74) is 1.72. The zero-order valence-electron chi connectivity index (χ0n) is 13.3. The largest absolute Gasteiger partial charge is 0.466 e. The van der Waals surface area contributed by atoms with Crippen molar-refractivity contribution in [2.45, 2.75) is 26.2 Å². The first-order chi connectivity index (χ1) is 11.2. The summed E-state index contributed by atoms with van der Waals surface area (Å²) in [7, 11) is 0. The molecule has 0 unspecified atom stereocenters. The van der Waals surface area contributed by atoms with Crippen LogP contribution in [-0.2, 0) is 20.7 Å². The van der Waals surface area contributed by atoms with Gasteiger partial charge < -0.3 is 14.1 Å². The Kier molecular flexibility index (Phi) is 4.65. The van der Waals surface area contributed by atoms with E-state index >= 15 is 0 Å². The lowest BCUT2D eigenvalue weighted by Gasteiger charge is -2.30. The molecule has 5 nitrogen and oxygen atoms in total. The molecule has 3 rings (SSSR count). The lowest BCUT2D eigenvalue weighted by Crippen LogP contribution is -2.41. The first-order valence-electron chi connectivity index (χ1n) is 8.08. The number of carbonyl (C=O) groups excluding carboxylic acids is 2. The number of carbonyl (C=O) groups is 2. The van der Waals surface area contributed by atoms with Crippen molar-refractivity contribution < 1.29 is 18.7 Å². The molecule has 0 bridgehead atoms. The first-order valence-corrected chi connectivity index (χ1v) is 8.08. The van der Waals surface area contributed by atoms with Crippen LogP contribution in [0.2, 0.25) is 0 Å². The van der Waals surface area contributed by atoms with Crippen LogP contribution in [0.1, 0.15) is 25.3 Å². The van der Waals surface area contributed by atoms with Crippen LogP contribution in [0.25, 0.3) is 11.0 Å². The predicted octanol–water partition coefficient (Wildman–Crippen LogP) is 2.78. The van der Waals surface area contributed by atoms with Crippen LogP contribution < -0.4 is 0 Å². The molecule has 2 aromatic rings. The van der Waals surface area contributed by atoms with Gasteiger partial charge in [0.15, 0.2) is 0 Å². The summed E-state index contributed by atoms with van der Waals surface area (Å²) < 4.78 is 10.5. The van der Waals surface area contributed by atoms with Crippen LogP contribution >= 0.6 is 0 Å². The average Bonchev–Trinajstić information content (AvgIpc) is 2.98. The molecular weight excluding hydrogens is 294 g/mol. The van der Waals surface area contributed by atoms with E-state index in [0.29, 0.717) is 39.0 Å². The van der Waals surface area contributed by atoms with Crippen LogP contribution in [-0.4, -0.2) is 36.5 Å². The van der Waals surface area contributed by atoms with Gasteiger partial charge in [0.05, 0.1) is 25.2 Å². The summed E-state index contributed by atoms with van der Waals surface area (Å²) >= 11 is 0. The van der Waals surface area contributed by atoms with Gasteiger partial charge in [-0.1, -0.05) is 18.2 Å². The Bertz CT molecular complexity index is 698. The number of hydrogen-bond donors (Lipinski definition) is 0. The van der Waals surface area contributed by atoms with Crippen molar-refractivity contribution in [3.05, 3.63) is 36.1 Å². The van der Waals surface area contributed by atoms with Crippen LogP contribution in [0.4, 0.5) is 0 Å². The second-order valence-electron chi connectivity index (χ2n) is 5.84. The van der Waals surface area contributed by atoms with Gasteiger partial charge in [-0.25, -0.2) is 0 Å². The molecule has 5 heteroatoms. The standard InChI is InChI=1S/C18H21NO4/c1-2-22-18(21)13-7-9-19(10-8-13)17(20)11-14-12-23-16-6-4-3-5-15(14)16/h3-6,12-13H,2,7-11H2,1H3. The van der Waals surface area contributed by atoms with Gasteiger partial charge in [0.25, 0.3) is 0 Å². The number of ether oxygens (including phenoxy) is 1. The molecule has 0 radical (unpaired) electrons. The maximum absolute atomic E-state index is 12.5. The number of esters is 1. The van der Waals surface area contributed by atoms with E-state index < -0.39 is 0 Å². The second kappa shape index (κ2) is 6.86. The maximum atomic E-state index is 12.5. The number of amides is 1. The van der Waals surface area contributed by atoms with E-state index in [4.69, 9.17) is 9.15 Å². The molecule has 1 aliphatic rings. The number of rotatable bonds is 4. The monoisotopic (exact) mass is 315 g/mol. The number of benzene rings is 1. The van der Waals surface area contributed by atoms with Crippen LogP contribution in [0.5, 0.6) is 0 Å². The third kappa shape index (κ3) is 3.38. The summed E-state index contributed by atoms with van der Waals surface area (Å²) in [4.78, 5) is 26.0. The number of likely N-dealkylation sites (tertiary alicyclic amines) is 1. The van der Waals surface area contributed by atoms with E-state index in [0.717, 1.165) is 16.5 Å². The van der Waals surface area contributed by atoms with Gasteiger partial charge >= 0.3 is 5.97 Å². The molecule has 1 aromatic carbocycles. The normalized spacial score (nSPS) is 15.8. The van der Waals surface area contributed by atoms with E-state index in [1.807, 2.05) is 36.1 Å². The Morgan fingerprint density at radius 1 is 1.26 bits per heavy atom. The lowest BCUT2D eigenvalue weighted by atomic mass is 9.96. The number of hydrogen-bond acceptors (Lipinski definition) is 4.